The number of halogens is 2. The lowest BCUT2D eigenvalue weighted by atomic mass is 10.2. The minimum atomic E-state index is -0.860. The quantitative estimate of drug-likeness (QED) is 0.606. The maximum atomic E-state index is 12.0. The molecule has 1 amide bonds. The Labute approximate surface area is 134 Å². The van der Waals surface area contributed by atoms with Gasteiger partial charge in [0.15, 0.2) is 5.69 Å². The first-order valence-electron chi connectivity index (χ1n) is 5.44. The summed E-state index contributed by atoms with van der Waals surface area (Å²) in [5.41, 5.74) is -0.838. The third-order valence-electron chi connectivity index (χ3n) is 2.49. The number of amides is 1. The molecular weight excluding hydrogens is 385 g/mol. The monoisotopic (exact) mass is 389 g/mol. The molecule has 1 aromatic carbocycles. The number of rotatable bonds is 4. The first kappa shape index (κ1) is 15.9. The van der Waals surface area contributed by atoms with Crippen LogP contribution in [0.15, 0.2) is 22.7 Å². The van der Waals surface area contributed by atoms with Crippen molar-refractivity contribution in [1.82, 2.24) is 10.2 Å². The van der Waals surface area contributed by atoms with Gasteiger partial charge in [-0.25, -0.2) is 0 Å². The van der Waals surface area contributed by atoms with E-state index in [1.165, 1.54) is 12.1 Å². The van der Waals surface area contributed by atoms with Crippen LogP contribution in [0.5, 0.6) is 0 Å². The first-order valence-corrected chi connectivity index (χ1v) is 6.62. The average molecular weight is 391 g/mol. The van der Waals surface area contributed by atoms with Crippen molar-refractivity contribution in [3.05, 3.63) is 53.6 Å². The van der Waals surface area contributed by atoms with E-state index in [0.717, 1.165) is 6.07 Å². The zero-order chi connectivity index (χ0) is 16.4. The molecule has 0 aliphatic rings. The molecule has 0 saturated heterocycles. The van der Waals surface area contributed by atoms with E-state index in [1.807, 2.05) is 0 Å². The maximum Gasteiger partial charge on any atom is 0.357 e. The second kappa shape index (κ2) is 6.07. The van der Waals surface area contributed by atoms with Crippen LogP contribution in [-0.2, 0) is 0 Å². The standard InChI is InChI=1S/C10H5BrClN5O5/c11-7-8(14-15-9(7)17(21)22)10(18)13-5-2-1-4(12)3-6(5)16(19)20/h1-3H,(H,13,18)(H,14,15). The van der Waals surface area contributed by atoms with E-state index in [1.54, 1.807) is 0 Å². The van der Waals surface area contributed by atoms with E-state index in [4.69, 9.17) is 11.6 Å². The SMILES string of the molecule is O=C(Nc1ccc(Cl)cc1[N+](=O)[O-])c1n[nH]c([N+](=O)[O-])c1Br. The van der Waals surface area contributed by atoms with Crippen molar-refractivity contribution in [3.63, 3.8) is 0 Å². The molecule has 0 spiro atoms. The van der Waals surface area contributed by atoms with Gasteiger partial charge in [-0.2, -0.15) is 0 Å². The van der Waals surface area contributed by atoms with Crippen molar-refractivity contribution in [2.24, 2.45) is 0 Å². The van der Waals surface area contributed by atoms with Crippen LogP contribution in [0.25, 0.3) is 0 Å². The Morgan fingerprint density at radius 1 is 1.32 bits per heavy atom. The minimum Gasteiger partial charge on any atom is -0.358 e. The van der Waals surface area contributed by atoms with E-state index in [-0.39, 0.29) is 20.9 Å². The van der Waals surface area contributed by atoms with E-state index in [2.05, 4.69) is 31.4 Å². The van der Waals surface area contributed by atoms with Crippen LogP contribution in [0.2, 0.25) is 5.02 Å². The van der Waals surface area contributed by atoms with E-state index in [9.17, 15) is 25.0 Å². The summed E-state index contributed by atoms with van der Waals surface area (Å²) in [6.45, 7) is 0. The highest BCUT2D eigenvalue weighted by molar-refractivity contribution is 9.10. The maximum absolute atomic E-state index is 12.0. The Bertz CT molecular complexity index is 792. The Hall–Kier alpha value is -2.53. The molecule has 1 aromatic heterocycles. The number of aromatic amines is 1. The van der Waals surface area contributed by atoms with Gasteiger partial charge in [0.2, 0.25) is 0 Å². The normalized spacial score (nSPS) is 10.3. The molecule has 0 fully saturated rings. The summed E-state index contributed by atoms with van der Waals surface area (Å²) in [5.74, 6) is -1.36. The molecule has 1 heterocycles. The number of carbonyl (C=O) groups is 1. The largest absolute Gasteiger partial charge is 0.358 e. The van der Waals surface area contributed by atoms with Crippen LogP contribution in [0.3, 0.4) is 0 Å². The van der Waals surface area contributed by atoms with Crippen molar-refractivity contribution in [2.45, 2.75) is 0 Å². The molecule has 0 unspecified atom stereocenters. The van der Waals surface area contributed by atoms with Crippen molar-refractivity contribution >= 4 is 50.6 Å². The van der Waals surface area contributed by atoms with Crippen LogP contribution in [0.1, 0.15) is 10.5 Å². The summed E-state index contributed by atoms with van der Waals surface area (Å²) in [7, 11) is 0. The highest BCUT2D eigenvalue weighted by atomic mass is 79.9. The minimum absolute atomic E-state index is 0.114. The molecule has 0 aliphatic heterocycles. The number of aromatic nitrogens is 2. The number of nitrogens with one attached hydrogen (secondary N) is 2. The number of H-pyrrole nitrogens is 1. The molecule has 12 heteroatoms. The highest BCUT2D eigenvalue weighted by Gasteiger charge is 2.26. The van der Waals surface area contributed by atoms with E-state index < -0.39 is 27.3 Å². The van der Waals surface area contributed by atoms with Gasteiger partial charge in [0, 0.05) is 11.1 Å². The first-order chi connectivity index (χ1) is 10.3. The number of nitro groups is 2. The fourth-order valence-corrected chi connectivity index (χ4v) is 2.20. The molecule has 2 aromatic rings. The smallest absolute Gasteiger partial charge is 0.357 e. The lowest BCUT2D eigenvalue weighted by Gasteiger charge is -2.04. The fraction of sp³-hybridized carbons (Fsp3) is 0. The zero-order valence-electron chi connectivity index (χ0n) is 10.4. The second-order valence-corrected chi connectivity index (χ2v) is 5.09. The molecule has 114 valence electrons. The molecule has 22 heavy (non-hydrogen) atoms. The van der Waals surface area contributed by atoms with Crippen LogP contribution in [-0.4, -0.2) is 26.0 Å². The van der Waals surface area contributed by atoms with Gasteiger partial charge in [-0.05, 0) is 33.0 Å². The number of carbonyl (C=O) groups excluding carboxylic acids is 1. The van der Waals surface area contributed by atoms with Gasteiger partial charge in [-0.15, -0.1) is 5.10 Å². The summed E-state index contributed by atoms with van der Waals surface area (Å²) in [6.07, 6.45) is 0. The van der Waals surface area contributed by atoms with Crippen LogP contribution < -0.4 is 5.32 Å². The van der Waals surface area contributed by atoms with Gasteiger partial charge in [0.1, 0.15) is 10.2 Å². The fourth-order valence-electron chi connectivity index (χ4n) is 1.53. The molecular formula is C10H5BrClN5O5. The third-order valence-corrected chi connectivity index (χ3v) is 3.48. The van der Waals surface area contributed by atoms with Crippen molar-refractivity contribution < 1.29 is 14.6 Å². The van der Waals surface area contributed by atoms with Crippen LogP contribution in [0.4, 0.5) is 17.2 Å². The number of nitro benzene ring substituents is 1. The Morgan fingerprint density at radius 2 is 2.00 bits per heavy atom. The molecule has 0 bridgehead atoms. The highest BCUT2D eigenvalue weighted by Crippen LogP contribution is 2.30. The van der Waals surface area contributed by atoms with Crippen LogP contribution in [0, 0.1) is 20.2 Å². The van der Waals surface area contributed by atoms with Gasteiger partial charge in [-0.3, -0.25) is 14.9 Å². The van der Waals surface area contributed by atoms with E-state index in [0.29, 0.717) is 0 Å². The Balaban J connectivity index is 2.34. The number of hydrogen-bond acceptors (Lipinski definition) is 6. The molecule has 2 rings (SSSR count). The van der Waals surface area contributed by atoms with Gasteiger partial charge >= 0.3 is 5.82 Å². The van der Waals surface area contributed by atoms with Crippen molar-refractivity contribution in [1.29, 1.82) is 0 Å². The summed E-state index contributed by atoms with van der Waals surface area (Å²) in [4.78, 5) is 32.1. The van der Waals surface area contributed by atoms with Crippen molar-refractivity contribution in [3.8, 4) is 0 Å². The average Bonchev–Trinajstić information content (AvgIpc) is 2.82. The molecule has 10 nitrogen and oxygen atoms in total. The van der Waals surface area contributed by atoms with Gasteiger partial charge in [0.25, 0.3) is 11.6 Å². The molecule has 0 aliphatic carbocycles. The molecule has 0 atom stereocenters. The zero-order valence-corrected chi connectivity index (χ0v) is 12.7. The molecule has 0 radical (unpaired) electrons. The number of anilines is 1. The predicted octanol–water partition coefficient (Wildman–Crippen LogP) is 2.89. The van der Waals surface area contributed by atoms with Crippen molar-refractivity contribution in [2.75, 3.05) is 5.32 Å². The van der Waals surface area contributed by atoms with Gasteiger partial charge < -0.3 is 15.4 Å². The Kier molecular flexibility index (Phi) is 4.37. The Morgan fingerprint density at radius 3 is 2.55 bits per heavy atom. The summed E-state index contributed by atoms with van der Waals surface area (Å²) in [5, 5.41) is 29.6. The lowest BCUT2D eigenvalue weighted by Crippen LogP contribution is -2.14. The summed E-state index contributed by atoms with van der Waals surface area (Å²) >= 11 is 8.53. The number of hydrogen-bond donors (Lipinski definition) is 2. The summed E-state index contributed by atoms with van der Waals surface area (Å²) < 4.78 is -0.161. The topological polar surface area (TPSA) is 144 Å². The molecule has 2 N–H and O–H groups in total. The summed E-state index contributed by atoms with van der Waals surface area (Å²) in [6, 6.07) is 3.67. The van der Waals surface area contributed by atoms with Gasteiger partial charge in [0.05, 0.1) is 4.92 Å². The van der Waals surface area contributed by atoms with E-state index >= 15 is 0 Å². The number of nitrogens with zero attached hydrogens (tertiary/aromatic N) is 3. The predicted molar refractivity (Wildman–Crippen MR) is 79.0 cm³/mol. The lowest BCUT2D eigenvalue weighted by molar-refractivity contribution is -0.390. The van der Waals surface area contributed by atoms with Gasteiger partial charge in [-0.1, -0.05) is 16.7 Å². The molecule has 0 saturated carbocycles. The second-order valence-electron chi connectivity index (χ2n) is 3.86. The number of benzene rings is 1. The third kappa shape index (κ3) is 3.04. The van der Waals surface area contributed by atoms with Crippen LogP contribution >= 0.6 is 27.5 Å².